The van der Waals surface area contributed by atoms with Crippen molar-refractivity contribution in [2.75, 3.05) is 5.73 Å². The molecule has 1 aliphatic carbocycles. The van der Waals surface area contributed by atoms with Gasteiger partial charge in [0.25, 0.3) is 0 Å². The first-order valence-electron chi connectivity index (χ1n) is 5.74. The Morgan fingerprint density at radius 2 is 2.47 bits per heavy atom. The maximum Gasteiger partial charge on any atom is 0.0778 e. The molecule has 3 atom stereocenters. The maximum absolute atomic E-state index is 6.00. The van der Waals surface area contributed by atoms with Crippen molar-refractivity contribution in [3.8, 4) is 0 Å². The van der Waals surface area contributed by atoms with Crippen LogP contribution in [0.5, 0.6) is 0 Å². The number of ether oxygens (including phenoxy) is 1. The Kier molecular flexibility index (Phi) is 2.16. The average Bonchev–Trinajstić information content (AvgIpc) is 2.81. The van der Waals surface area contributed by atoms with E-state index in [-0.39, 0.29) is 0 Å². The molecular weight excluding hydrogens is 190 g/mol. The van der Waals surface area contributed by atoms with Crippen LogP contribution in [0.25, 0.3) is 0 Å². The van der Waals surface area contributed by atoms with Crippen molar-refractivity contribution in [3.63, 3.8) is 0 Å². The van der Waals surface area contributed by atoms with Gasteiger partial charge in [-0.15, -0.1) is 0 Å². The van der Waals surface area contributed by atoms with Gasteiger partial charge in [0, 0.05) is 6.20 Å². The van der Waals surface area contributed by atoms with E-state index in [9.17, 15) is 0 Å². The summed E-state index contributed by atoms with van der Waals surface area (Å²) in [7, 11) is 0. The fraction of sp³-hybridized carbons (Fsp3) is 0.727. The number of hydrogen-bond acceptors (Lipinski definition) is 3. The van der Waals surface area contributed by atoms with Gasteiger partial charge in [0.1, 0.15) is 0 Å². The molecule has 1 aromatic heterocycles. The van der Waals surface area contributed by atoms with Crippen molar-refractivity contribution in [2.24, 2.45) is 5.92 Å². The van der Waals surface area contributed by atoms with Gasteiger partial charge in [0.15, 0.2) is 0 Å². The summed E-state index contributed by atoms with van der Waals surface area (Å²) < 4.78 is 7.89. The molecule has 82 valence electrons. The Morgan fingerprint density at radius 1 is 1.53 bits per heavy atom. The number of nitrogens with zero attached hydrogens (tertiary/aromatic N) is 2. The first kappa shape index (κ1) is 9.21. The molecule has 0 spiro atoms. The highest BCUT2D eigenvalue weighted by Gasteiger charge is 2.38. The lowest BCUT2D eigenvalue weighted by Crippen LogP contribution is -2.17. The minimum atomic E-state index is 0.347. The molecule has 1 saturated heterocycles. The van der Waals surface area contributed by atoms with Crippen LogP contribution >= 0.6 is 0 Å². The van der Waals surface area contributed by atoms with E-state index < -0.39 is 0 Å². The first-order valence-corrected chi connectivity index (χ1v) is 5.74. The summed E-state index contributed by atoms with van der Waals surface area (Å²) in [5.41, 5.74) is 6.35. The van der Waals surface area contributed by atoms with Gasteiger partial charge in [-0.1, -0.05) is 6.42 Å². The Bertz CT molecular complexity index is 337. The molecular formula is C11H17N3O. The zero-order chi connectivity index (χ0) is 10.3. The van der Waals surface area contributed by atoms with Gasteiger partial charge in [-0.2, -0.15) is 5.10 Å². The summed E-state index contributed by atoms with van der Waals surface area (Å²) >= 11 is 0. The van der Waals surface area contributed by atoms with Crippen LogP contribution in [-0.4, -0.2) is 22.0 Å². The molecule has 1 saturated carbocycles. The minimum absolute atomic E-state index is 0.347. The van der Waals surface area contributed by atoms with Gasteiger partial charge in [-0.05, 0) is 25.2 Å². The number of fused-ring (bicyclic) bond motifs is 1. The molecule has 2 fully saturated rings. The molecule has 15 heavy (non-hydrogen) atoms. The fourth-order valence-corrected chi connectivity index (χ4v) is 2.90. The van der Waals surface area contributed by atoms with E-state index in [1.54, 1.807) is 6.20 Å². The van der Waals surface area contributed by atoms with Gasteiger partial charge < -0.3 is 10.5 Å². The zero-order valence-corrected chi connectivity index (χ0v) is 8.80. The first-order chi connectivity index (χ1) is 7.31. The van der Waals surface area contributed by atoms with E-state index in [0.717, 1.165) is 18.2 Å². The molecule has 4 nitrogen and oxygen atoms in total. The Morgan fingerprint density at radius 3 is 3.20 bits per heavy atom. The zero-order valence-electron chi connectivity index (χ0n) is 8.80. The highest BCUT2D eigenvalue weighted by molar-refractivity contribution is 5.30. The number of nitrogens with two attached hydrogens (primary N) is 1. The monoisotopic (exact) mass is 207 g/mol. The van der Waals surface area contributed by atoms with Crippen molar-refractivity contribution >= 4 is 5.69 Å². The molecule has 3 unspecified atom stereocenters. The van der Waals surface area contributed by atoms with Gasteiger partial charge in [0.05, 0.1) is 30.6 Å². The Hall–Kier alpha value is -1.03. The predicted molar refractivity (Wildman–Crippen MR) is 57.3 cm³/mol. The Labute approximate surface area is 89.4 Å². The van der Waals surface area contributed by atoms with E-state index in [4.69, 9.17) is 10.5 Å². The van der Waals surface area contributed by atoms with E-state index >= 15 is 0 Å². The minimum Gasteiger partial charge on any atom is -0.396 e. The van der Waals surface area contributed by atoms with E-state index in [1.807, 2.05) is 10.9 Å². The smallest absolute Gasteiger partial charge is 0.0778 e. The average molecular weight is 207 g/mol. The number of hydrogen-bond donors (Lipinski definition) is 1. The lowest BCUT2D eigenvalue weighted by Gasteiger charge is -2.11. The highest BCUT2D eigenvalue weighted by atomic mass is 16.5. The van der Waals surface area contributed by atoms with Crippen molar-refractivity contribution < 1.29 is 4.74 Å². The number of rotatable bonds is 2. The molecule has 0 radical (unpaired) electrons. The highest BCUT2D eigenvalue weighted by Crippen LogP contribution is 2.39. The van der Waals surface area contributed by atoms with Crippen LogP contribution < -0.4 is 5.73 Å². The predicted octanol–water partition coefficient (Wildman–Crippen LogP) is 1.42. The second kappa shape index (κ2) is 3.52. The maximum atomic E-state index is 6.00. The molecule has 2 N–H and O–H groups in total. The van der Waals surface area contributed by atoms with Crippen molar-refractivity contribution in [1.82, 2.24) is 9.78 Å². The molecule has 1 aliphatic heterocycles. The second-order valence-corrected chi connectivity index (χ2v) is 4.72. The third kappa shape index (κ3) is 1.74. The summed E-state index contributed by atoms with van der Waals surface area (Å²) in [4.78, 5) is 0. The SMILES string of the molecule is Nc1cnn(CC2CC3CCCC3O2)c1. The van der Waals surface area contributed by atoms with Gasteiger partial charge in [-0.3, -0.25) is 4.68 Å². The number of aromatic nitrogens is 2. The number of nitrogen functional groups attached to an aromatic ring is 1. The molecule has 0 amide bonds. The third-order valence-corrected chi connectivity index (χ3v) is 3.57. The summed E-state index contributed by atoms with van der Waals surface area (Å²) in [5, 5.41) is 4.18. The van der Waals surface area contributed by atoms with Crippen LogP contribution in [0.3, 0.4) is 0 Å². The topological polar surface area (TPSA) is 53.1 Å². The van der Waals surface area contributed by atoms with Crippen LogP contribution in [0, 0.1) is 5.92 Å². The van der Waals surface area contributed by atoms with Crippen molar-refractivity contribution in [2.45, 2.75) is 44.4 Å². The summed E-state index contributed by atoms with van der Waals surface area (Å²) in [6.45, 7) is 0.851. The van der Waals surface area contributed by atoms with Crippen LogP contribution in [0.15, 0.2) is 12.4 Å². The molecule has 0 aromatic carbocycles. The third-order valence-electron chi connectivity index (χ3n) is 3.57. The molecule has 2 heterocycles. The van der Waals surface area contributed by atoms with Crippen LogP contribution in [0.4, 0.5) is 5.69 Å². The van der Waals surface area contributed by atoms with Gasteiger partial charge in [0.2, 0.25) is 0 Å². The summed E-state index contributed by atoms with van der Waals surface area (Å²) in [6, 6.07) is 0. The molecule has 1 aromatic rings. The molecule has 4 heteroatoms. The van der Waals surface area contributed by atoms with Gasteiger partial charge in [-0.25, -0.2) is 0 Å². The van der Waals surface area contributed by atoms with Gasteiger partial charge >= 0.3 is 0 Å². The number of anilines is 1. The fourth-order valence-electron chi connectivity index (χ4n) is 2.90. The van der Waals surface area contributed by atoms with E-state index in [1.165, 1.54) is 25.7 Å². The quantitative estimate of drug-likeness (QED) is 0.798. The largest absolute Gasteiger partial charge is 0.396 e. The van der Waals surface area contributed by atoms with Crippen molar-refractivity contribution in [3.05, 3.63) is 12.4 Å². The molecule has 3 rings (SSSR count). The normalized spacial score (nSPS) is 34.5. The Balaban J connectivity index is 1.61. The van der Waals surface area contributed by atoms with E-state index in [2.05, 4.69) is 5.10 Å². The van der Waals surface area contributed by atoms with Crippen molar-refractivity contribution in [1.29, 1.82) is 0 Å². The van der Waals surface area contributed by atoms with E-state index in [0.29, 0.717) is 12.2 Å². The summed E-state index contributed by atoms with van der Waals surface area (Å²) in [6.07, 6.45) is 9.58. The van der Waals surface area contributed by atoms with Crippen LogP contribution in [0.1, 0.15) is 25.7 Å². The lowest BCUT2D eigenvalue weighted by molar-refractivity contribution is 0.0303. The summed E-state index contributed by atoms with van der Waals surface area (Å²) in [5.74, 6) is 0.808. The molecule has 0 bridgehead atoms. The molecule has 2 aliphatic rings. The van der Waals surface area contributed by atoms with Crippen LogP contribution in [0.2, 0.25) is 0 Å². The standard InChI is InChI=1S/C11H17N3O/c12-9-5-13-14(6-9)7-10-4-8-2-1-3-11(8)15-10/h5-6,8,10-11H,1-4,7,12H2. The van der Waals surface area contributed by atoms with Crippen LogP contribution in [-0.2, 0) is 11.3 Å². The second-order valence-electron chi connectivity index (χ2n) is 4.72. The lowest BCUT2D eigenvalue weighted by atomic mass is 10.0.